The number of aromatic nitrogens is 2. The Labute approximate surface area is 108 Å². The molecule has 0 radical (unpaired) electrons. The maximum Gasteiger partial charge on any atom is 0.269 e. The number of alkyl halides is 2. The molecule has 0 atom stereocenters. The van der Waals surface area contributed by atoms with Gasteiger partial charge in [0.1, 0.15) is 10.3 Å². The number of hydrogen-bond acceptors (Lipinski definition) is 3. The van der Waals surface area contributed by atoms with Crippen LogP contribution in [0.5, 0.6) is 5.88 Å². The van der Waals surface area contributed by atoms with Crippen LogP contribution in [0, 0.1) is 0 Å². The number of aromatic hydroxyl groups is 1. The summed E-state index contributed by atoms with van der Waals surface area (Å²) in [6, 6.07) is 5.26. The van der Waals surface area contributed by atoms with Crippen LogP contribution >= 0.6 is 15.9 Å². The maximum atomic E-state index is 12.4. The van der Waals surface area contributed by atoms with E-state index in [0.717, 1.165) is 0 Å². The fourth-order valence-electron chi connectivity index (χ4n) is 1.37. The van der Waals surface area contributed by atoms with E-state index < -0.39 is 17.9 Å². The minimum absolute atomic E-state index is 0.0737. The summed E-state index contributed by atoms with van der Waals surface area (Å²) in [5, 5.41) is 9.39. The lowest BCUT2D eigenvalue weighted by Crippen LogP contribution is -2.09. The second-order valence-corrected chi connectivity index (χ2v) is 4.27. The van der Waals surface area contributed by atoms with Crippen LogP contribution in [0.2, 0.25) is 0 Å². The number of rotatable bonds is 2. The largest absolute Gasteiger partial charge is 0.492 e. The lowest BCUT2D eigenvalue weighted by Gasteiger charge is -2.04. The van der Waals surface area contributed by atoms with Crippen LogP contribution in [0.15, 0.2) is 33.5 Å². The van der Waals surface area contributed by atoms with Crippen molar-refractivity contribution in [3.8, 4) is 17.3 Å². The van der Waals surface area contributed by atoms with Gasteiger partial charge in [-0.2, -0.15) is 4.98 Å². The number of halogens is 3. The van der Waals surface area contributed by atoms with Crippen LogP contribution in [0.1, 0.15) is 12.0 Å². The van der Waals surface area contributed by atoms with Gasteiger partial charge in [0.2, 0.25) is 5.88 Å². The van der Waals surface area contributed by atoms with Gasteiger partial charge in [-0.25, -0.2) is 8.78 Å². The smallest absolute Gasteiger partial charge is 0.269 e. The van der Waals surface area contributed by atoms with Gasteiger partial charge >= 0.3 is 0 Å². The van der Waals surface area contributed by atoms with Crippen LogP contribution in [-0.2, 0) is 0 Å². The molecule has 0 amide bonds. The molecule has 0 unspecified atom stereocenters. The molecule has 2 N–H and O–H groups in total. The predicted molar refractivity (Wildman–Crippen MR) is 64.6 cm³/mol. The van der Waals surface area contributed by atoms with Crippen LogP contribution in [0.4, 0.5) is 8.78 Å². The molecule has 2 rings (SSSR count). The van der Waals surface area contributed by atoms with Crippen LogP contribution in [0.25, 0.3) is 11.4 Å². The molecule has 0 aliphatic heterocycles. The van der Waals surface area contributed by atoms with Gasteiger partial charge in [-0.1, -0.05) is 24.3 Å². The summed E-state index contributed by atoms with van der Waals surface area (Å²) < 4.78 is 24.7. The molecule has 1 aromatic heterocycles. The molecule has 1 heterocycles. The monoisotopic (exact) mass is 316 g/mol. The van der Waals surface area contributed by atoms with Gasteiger partial charge in [-0.15, -0.1) is 0 Å². The van der Waals surface area contributed by atoms with Crippen molar-refractivity contribution in [1.29, 1.82) is 0 Å². The summed E-state index contributed by atoms with van der Waals surface area (Å²) >= 11 is 2.86. The standard InChI is InChI=1S/C11H7BrF2N2O2/c12-7-10(17)15-9(16-11(7)18)6-3-1-5(2-4-6)8(13)14/h1-4,8H,(H2,15,16,17,18). The molecule has 0 aliphatic carbocycles. The van der Waals surface area contributed by atoms with E-state index in [9.17, 15) is 18.7 Å². The van der Waals surface area contributed by atoms with Gasteiger partial charge in [0, 0.05) is 11.1 Å². The van der Waals surface area contributed by atoms with E-state index in [4.69, 9.17) is 0 Å². The third-order valence-corrected chi connectivity index (χ3v) is 3.00. The number of H-pyrrole nitrogens is 1. The summed E-state index contributed by atoms with van der Waals surface area (Å²) in [5.74, 6) is -0.340. The van der Waals surface area contributed by atoms with Crippen molar-refractivity contribution >= 4 is 15.9 Å². The van der Waals surface area contributed by atoms with Gasteiger partial charge in [0.05, 0.1) is 0 Å². The highest BCUT2D eigenvalue weighted by Gasteiger charge is 2.10. The Morgan fingerprint density at radius 1 is 1.28 bits per heavy atom. The van der Waals surface area contributed by atoms with E-state index in [2.05, 4.69) is 25.9 Å². The molecule has 0 fully saturated rings. The molecule has 0 saturated heterocycles. The fraction of sp³-hybridized carbons (Fsp3) is 0.0909. The van der Waals surface area contributed by atoms with E-state index in [1.54, 1.807) is 0 Å². The molecule has 2 aromatic rings. The highest BCUT2D eigenvalue weighted by Crippen LogP contribution is 2.24. The Bertz CT molecular complexity index is 626. The minimum Gasteiger partial charge on any atom is -0.492 e. The second-order valence-electron chi connectivity index (χ2n) is 3.47. The first kappa shape index (κ1) is 12.7. The summed E-state index contributed by atoms with van der Waals surface area (Å²) in [7, 11) is 0. The number of nitrogens with one attached hydrogen (secondary N) is 1. The number of nitrogens with zero attached hydrogens (tertiary/aromatic N) is 1. The van der Waals surface area contributed by atoms with Crippen molar-refractivity contribution in [1.82, 2.24) is 9.97 Å². The number of hydrogen-bond donors (Lipinski definition) is 2. The van der Waals surface area contributed by atoms with Gasteiger partial charge < -0.3 is 10.1 Å². The third-order valence-electron chi connectivity index (χ3n) is 2.28. The molecule has 0 bridgehead atoms. The van der Waals surface area contributed by atoms with Gasteiger partial charge in [0.25, 0.3) is 12.0 Å². The van der Waals surface area contributed by atoms with Gasteiger partial charge in [0.15, 0.2) is 0 Å². The Morgan fingerprint density at radius 3 is 2.39 bits per heavy atom. The van der Waals surface area contributed by atoms with E-state index >= 15 is 0 Å². The lowest BCUT2D eigenvalue weighted by atomic mass is 10.1. The van der Waals surface area contributed by atoms with Gasteiger partial charge in [-0.3, -0.25) is 4.79 Å². The minimum atomic E-state index is -2.55. The molecule has 7 heteroatoms. The first-order valence-electron chi connectivity index (χ1n) is 4.86. The van der Waals surface area contributed by atoms with Crippen LogP contribution in [-0.4, -0.2) is 15.1 Å². The van der Waals surface area contributed by atoms with E-state index in [1.807, 2.05) is 0 Å². The Balaban J connectivity index is 2.46. The molecule has 0 aliphatic rings. The summed E-state index contributed by atoms with van der Waals surface area (Å²) in [4.78, 5) is 17.6. The highest BCUT2D eigenvalue weighted by molar-refractivity contribution is 9.10. The number of aromatic amines is 1. The molecule has 0 saturated carbocycles. The Morgan fingerprint density at radius 2 is 1.89 bits per heavy atom. The molecular weight excluding hydrogens is 310 g/mol. The molecule has 18 heavy (non-hydrogen) atoms. The first-order valence-corrected chi connectivity index (χ1v) is 5.65. The Kier molecular flexibility index (Phi) is 3.42. The van der Waals surface area contributed by atoms with Crippen molar-refractivity contribution < 1.29 is 13.9 Å². The molecule has 1 aromatic carbocycles. The van der Waals surface area contributed by atoms with Crippen molar-refractivity contribution in [2.24, 2.45) is 0 Å². The van der Waals surface area contributed by atoms with Crippen LogP contribution in [0.3, 0.4) is 0 Å². The maximum absolute atomic E-state index is 12.4. The van der Waals surface area contributed by atoms with Gasteiger partial charge in [-0.05, 0) is 15.9 Å². The van der Waals surface area contributed by atoms with Crippen molar-refractivity contribution in [3.05, 3.63) is 44.7 Å². The quantitative estimate of drug-likeness (QED) is 0.895. The Hall–Kier alpha value is -1.76. The van der Waals surface area contributed by atoms with E-state index in [1.165, 1.54) is 24.3 Å². The molecule has 94 valence electrons. The predicted octanol–water partition coefficient (Wildman–Crippen LogP) is 2.84. The zero-order chi connectivity index (χ0) is 13.3. The van der Waals surface area contributed by atoms with Crippen molar-refractivity contribution in [2.75, 3.05) is 0 Å². The summed E-state index contributed by atoms with van der Waals surface area (Å²) in [6.45, 7) is 0. The third kappa shape index (κ3) is 2.40. The zero-order valence-electron chi connectivity index (χ0n) is 8.82. The lowest BCUT2D eigenvalue weighted by molar-refractivity contribution is 0.151. The number of benzene rings is 1. The molecule has 4 nitrogen and oxygen atoms in total. The van der Waals surface area contributed by atoms with E-state index in [-0.39, 0.29) is 15.9 Å². The average Bonchev–Trinajstić information content (AvgIpc) is 2.35. The van der Waals surface area contributed by atoms with Crippen molar-refractivity contribution in [2.45, 2.75) is 6.43 Å². The SMILES string of the molecule is O=c1[nH]c(-c2ccc(C(F)F)cc2)nc(O)c1Br. The summed E-state index contributed by atoms with van der Waals surface area (Å²) in [5.41, 5.74) is -0.239. The van der Waals surface area contributed by atoms with E-state index in [0.29, 0.717) is 5.56 Å². The van der Waals surface area contributed by atoms with Crippen LogP contribution < -0.4 is 5.56 Å². The molecule has 0 spiro atoms. The second kappa shape index (κ2) is 4.85. The first-order chi connectivity index (χ1) is 8.49. The van der Waals surface area contributed by atoms with Crippen molar-refractivity contribution in [3.63, 3.8) is 0 Å². The zero-order valence-corrected chi connectivity index (χ0v) is 10.4. The molecular formula is C11H7BrF2N2O2. The normalized spacial score (nSPS) is 10.9. The fourth-order valence-corrected chi connectivity index (χ4v) is 1.56. The summed E-state index contributed by atoms with van der Waals surface area (Å²) in [6.07, 6.45) is -2.55. The average molecular weight is 317 g/mol. The highest BCUT2D eigenvalue weighted by atomic mass is 79.9. The topological polar surface area (TPSA) is 66.0 Å².